The maximum atomic E-state index is 5.74. The molecule has 0 fully saturated rings. The molecule has 0 spiro atoms. The third-order valence-electron chi connectivity index (χ3n) is 3.23. The average molecular weight is 296 g/mol. The zero-order valence-corrected chi connectivity index (χ0v) is 12.5. The third kappa shape index (κ3) is 3.08. The number of hydrogen-bond acceptors (Lipinski definition) is 5. The van der Waals surface area contributed by atoms with E-state index < -0.39 is 0 Å². The second-order valence-corrected chi connectivity index (χ2v) is 5.47. The highest BCUT2D eigenvalue weighted by atomic mass is 32.2. The summed E-state index contributed by atoms with van der Waals surface area (Å²) in [5.74, 6) is 0.546. The van der Waals surface area contributed by atoms with Crippen molar-refractivity contribution in [2.75, 3.05) is 17.3 Å². The Bertz CT molecular complexity index is 773. The highest BCUT2D eigenvalue weighted by Gasteiger charge is 2.03. The molecule has 0 amide bonds. The van der Waals surface area contributed by atoms with Gasteiger partial charge in [0.1, 0.15) is 10.8 Å². The average Bonchev–Trinajstić information content (AvgIpc) is 2.52. The fourth-order valence-corrected chi connectivity index (χ4v) is 2.70. The Hall–Kier alpha value is -2.27. The van der Waals surface area contributed by atoms with Crippen molar-refractivity contribution < 1.29 is 0 Å². The van der Waals surface area contributed by atoms with Gasteiger partial charge in [-0.05, 0) is 42.2 Å². The molecule has 0 aliphatic carbocycles. The Morgan fingerprint density at radius 3 is 2.90 bits per heavy atom. The van der Waals surface area contributed by atoms with Crippen LogP contribution >= 0.6 is 11.8 Å². The van der Waals surface area contributed by atoms with Crippen LogP contribution in [0.25, 0.3) is 10.9 Å². The first kappa shape index (κ1) is 13.7. The first-order chi connectivity index (χ1) is 10.3. The largest absolute Gasteiger partial charge is 0.384 e. The molecule has 0 unspecified atom stereocenters. The monoisotopic (exact) mass is 296 g/mol. The summed E-state index contributed by atoms with van der Waals surface area (Å²) < 4.78 is 0. The lowest BCUT2D eigenvalue weighted by molar-refractivity contribution is 1.07. The van der Waals surface area contributed by atoms with Crippen molar-refractivity contribution in [3.63, 3.8) is 0 Å². The maximum Gasteiger partial charge on any atom is 0.124 e. The van der Waals surface area contributed by atoms with Crippen LogP contribution in [0, 0.1) is 0 Å². The van der Waals surface area contributed by atoms with Gasteiger partial charge in [-0.25, -0.2) is 9.97 Å². The topological polar surface area (TPSA) is 63.8 Å². The molecule has 0 radical (unpaired) electrons. The molecule has 21 heavy (non-hydrogen) atoms. The van der Waals surface area contributed by atoms with Crippen LogP contribution in [0.3, 0.4) is 0 Å². The Labute approximate surface area is 127 Å². The van der Waals surface area contributed by atoms with E-state index in [1.165, 1.54) is 0 Å². The first-order valence-corrected chi connectivity index (χ1v) is 7.87. The highest BCUT2D eigenvalue weighted by Crippen LogP contribution is 2.23. The molecule has 1 aromatic carbocycles. The molecule has 3 aromatic rings. The summed E-state index contributed by atoms with van der Waals surface area (Å²) in [5.41, 5.74) is 8.87. The minimum atomic E-state index is 0.546. The number of aromatic nitrogens is 2. The van der Waals surface area contributed by atoms with Crippen LogP contribution in [0.15, 0.2) is 53.7 Å². The number of nitrogens with two attached hydrogens (primary N) is 1. The van der Waals surface area contributed by atoms with Gasteiger partial charge < -0.3 is 11.1 Å². The van der Waals surface area contributed by atoms with E-state index in [0.29, 0.717) is 5.82 Å². The van der Waals surface area contributed by atoms with Crippen LogP contribution in [0.5, 0.6) is 0 Å². The van der Waals surface area contributed by atoms with Gasteiger partial charge in [0.25, 0.3) is 0 Å². The van der Waals surface area contributed by atoms with Crippen molar-refractivity contribution >= 4 is 34.2 Å². The zero-order valence-electron chi connectivity index (χ0n) is 11.7. The number of fused-ring (bicyclic) bond motifs is 1. The van der Waals surface area contributed by atoms with E-state index in [0.717, 1.165) is 33.7 Å². The number of thioether (sulfide) groups is 1. The van der Waals surface area contributed by atoms with Gasteiger partial charge in [-0.3, -0.25) is 0 Å². The summed E-state index contributed by atoms with van der Waals surface area (Å²) in [4.78, 5) is 8.70. The fraction of sp³-hybridized carbons (Fsp3) is 0.125. The predicted octanol–water partition coefficient (Wildman–Crippen LogP) is 3.55. The number of nitrogens with one attached hydrogen (secondary N) is 1. The van der Waals surface area contributed by atoms with E-state index in [9.17, 15) is 0 Å². The molecule has 0 aliphatic heterocycles. The van der Waals surface area contributed by atoms with Gasteiger partial charge in [0.05, 0.1) is 11.2 Å². The lowest BCUT2D eigenvalue weighted by Gasteiger charge is -2.10. The summed E-state index contributed by atoms with van der Waals surface area (Å²) >= 11 is 1.63. The Balaban J connectivity index is 1.81. The van der Waals surface area contributed by atoms with Crippen LogP contribution < -0.4 is 11.1 Å². The molecule has 3 rings (SSSR count). The number of hydrogen-bond donors (Lipinski definition) is 2. The van der Waals surface area contributed by atoms with E-state index in [1.54, 1.807) is 18.0 Å². The van der Waals surface area contributed by atoms with Crippen LogP contribution in [-0.4, -0.2) is 16.2 Å². The lowest BCUT2D eigenvalue weighted by Crippen LogP contribution is -2.01. The molecule has 0 aliphatic rings. The second kappa shape index (κ2) is 6.01. The number of rotatable bonds is 4. The van der Waals surface area contributed by atoms with Gasteiger partial charge in [0, 0.05) is 18.1 Å². The van der Waals surface area contributed by atoms with E-state index >= 15 is 0 Å². The normalized spacial score (nSPS) is 10.7. The SMILES string of the molecule is CSc1ncccc1NCc1ccc2ccc(N)nc2c1. The quantitative estimate of drug-likeness (QED) is 0.721. The second-order valence-electron chi connectivity index (χ2n) is 4.68. The Morgan fingerprint density at radius 1 is 1.19 bits per heavy atom. The fourth-order valence-electron chi connectivity index (χ4n) is 2.17. The van der Waals surface area contributed by atoms with Crippen molar-refractivity contribution in [3.8, 4) is 0 Å². The van der Waals surface area contributed by atoms with E-state index in [2.05, 4.69) is 33.5 Å². The number of nitrogen functional groups attached to an aromatic ring is 1. The summed E-state index contributed by atoms with van der Waals surface area (Å²) in [7, 11) is 0. The van der Waals surface area contributed by atoms with Crippen LogP contribution in [0.4, 0.5) is 11.5 Å². The van der Waals surface area contributed by atoms with Gasteiger partial charge in [0.15, 0.2) is 0 Å². The van der Waals surface area contributed by atoms with Gasteiger partial charge in [-0.15, -0.1) is 11.8 Å². The van der Waals surface area contributed by atoms with Crippen molar-refractivity contribution in [2.45, 2.75) is 11.6 Å². The summed E-state index contributed by atoms with van der Waals surface area (Å²) in [5, 5.41) is 5.51. The standard InChI is InChI=1S/C16H16N4S/c1-21-16-13(3-2-8-18-16)19-10-11-4-5-12-6-7-15(17)20-14(12)9-11/h2-9,19H,10H2,1H3,(H2,17,20). The van der Waals surface area contributed by atoms with Gasteiger partial charge in [0.2, 0.25) is 0 Å². The lowest BCUT2D eigenvalue weighted by atomic mass is 10.1. The van der Waals surface area contributed by atoms with Crippen molar-refractivity contribution in [1.29, 1.82) is 0 Å². The van der Waals surface area contributed by atoms with Crippen molar-refractivity contribution in [3.05, 3.63) is 54.2 Å². The Kier molecular flexibility index (Phi) is 3.92. The summed E-state index contributed by atoms with van der Waals surface area (Å²) in [6, 6.07) is 14.0. The smallest absolute Gasteiger partial charge is 0.124 e. The molecule has 106 valence electrons. The number of benzene rings is 1. The summed E-state index contributed by atoms with van der Waals surface area (Å²) in [6.45, 7) is 0.728. The van der Waals surface area contributed by atoms with Gasteiger partial charge >= 0.3 is 0 Å². The van der Waals surface area contributed by atoms with Crippen LogP contribution in [0.1, 0.15) is 5.56 Å². The number of nitrogens with zero attached hydrogens (tertiary/aromatic N) is 2. The van der Waals surface area contributed by atoms with E-state index in [-0.39, 0.29) is 0 Å². The minimum absolute atomic E-state index is 0.546. The van der Waals surface area contributed by atoms with Crippen LogP contribution in [0.2, 0.25) is 0 Å². The molecule has 2 aromatic heterocycles. The Morgan fingerprint density at radius 2 is 2.05 bits per heavy atom. The predicted molar refractivity (Wildman–Crippen MR) is 89.5 cm³/mol. The number of anilines is 2. The van der Waals surface area contributed by atoms with Crippen molar-refractivity contribution in [2.24, 2.45) is 0 Å². The van der Waals surface area contributed by atoms with Gasteiger partial charge in [-0.1, -0.05) is 12.1 Å². The molecule has 5 heteroatoms. The van der Waals surface area contributed by atoms with E-state index in [4.69, 9.17) is 5.73 Å². The molecule has 0 bridgehead atoms. The zero-order chi connectivity index (χ0) is 14.7. The van der Waals surface area contributed by atoms with Crippen molar-refractivity contribution in [1.82, 2.24) is 9.97 Å². The summed E-state index contributed by atoms with van der Waals surface area (Å²) in [6.07, 6.45) is 3.83. The van der Waals surface area contributed by atoms with Gasteiger partial charge in [-0.2, -0.15) is 0 Å². The third-order valence-corrected chi connectivity index (χ3v) is 3.94. The molecule has 2 heterocycles. The molecule has 0 saturated heterocycles. The van der Waals surface area contributed by atoms with E-state index in [1.807, 2.05) is 30.5 Å². The minimum Gasteiger partial charge on any atom is -0.384 e. The molecule has 0 saturated carbocycles. The molecule has 3 N–H and O–H groups in total. The number of pyridine rings is 2. The first-order valence-electron chi connectivity index (χ1n) is 6.64. The maximum absolute atomic E-state index is 5.74. The molecular weight excluding hydrogens is 280 g/mol. The molecule has 0 atom stereocenters. The highest BCUT2D eigenvalue weighted by molar-refractivity contribution is 7.98. The molecule has 4 nitrogen and oxygen atoms in total. The van der Waals surface area contributed by atoms with Crippen LogP contribution in [-0.2, 0) is 6.54 Å². The molecular formula is C16H16N4S.